The fraction of sp³-hybridized carbons (Fsp3) is 0.600. The lowest BCUT2D eigenvalue weighted by atomic mass is 10.1. The number of hydrogen-bond donors (Lipinski definition) is 1. The molecule has 0 spiro atoms. The summed E-state index contributed by atoms with van der Waals surface area (Å²) in [6.45, 7) is 1.65. The minimum absolute atomic E-state index is 0.276. The molecule has 8 heteroatoms. The summed E-state index contributed by atoms with van der Waals surface area (Å²) in [5, 5.41) is 11.4. The Morgan fingerprint density at radius 2 is 2.17 bits per heavy atom. The molecule has 0 amide bonds. The highest BCUT2D eigenvalue weighted by Gasteiger charge is 2.34. The van der Waals surface area contributed by atoms with Crippen molar-refractivity contribution in [1.82, 2.24) is 25.2 Å². The van der Waals surface area contributed by atoms with E-state index in [9.17, 15) is 13.2 Å². The standard InChI is InChI=1S/C15H20F3N5/c1-22-14-3-2-11(6-13(14)20-21-22)7-19-8-12-4-5-23(9-12)10-15(16,17)18/h2-3,6,12,19H,4-5,7-10H2,1H3. The van der Waals surface area contributed by atoms with E-state index in [0.717, 1.165) is 29.6 Å². The van der Waals surface area contributed by atoms with Crippen LogP contribution in [0.5, 0.6) is 0 Å². The predicted octanol–water partition coefficient (Wildman–Crippen LogP) is 1.94. The number of halogens is 3. The molecule has 23 heavy (non-hydrogen) atoms. The first-order valence-electron chi connectivity index (χ1n) is 7.69. The Balaban J connectivity index is 1.46. The van der Waals surface area contributed by atoms with Gasteiger partial charge in [0.25, 0.3) is 0 Å². The summed E-state index contributed by atoms with van der Waals surface area (Å²) in [7, 11) is 1.85. The van der Waals surface area contributed by atoms with E-state index < -0.39 is 12.7 Å². The Labute approximate surface area is 132 Å². The molecule has 0 bridgehead atoms. The van der Waals surface area contributed by atoms with Gasteiger partial charge < -0.3 is 5.32 Å². The van der Waals surface area contributed by atoms with E-state index in [1.54, 1.807) is 4.68 Å². The van der Waals surface area contributed by atoms with Gasteiger partial charge in [-0.25, -0.2) is 4.68 Å². The van der Waals surface area contributed by atoms with Crippen LogP contribution in [0.2, 0.25) is 0 Å². The van der Waals surface area contributed by atoms with E-state index in [1.165, 1.54) is 4.90 Å². The van der Waals surface area contributed by atoms with Gasteiger partial charge in [-0.1, -0.05) is 11.3 Å². The second kappa shape index (κ2) is 6.45. The van der Waals surface area contributed by atoms with Gasteiger partial charge in [0, 0.05) is 20.1 Å². The van der Waals surface area contributed by atoms with E-state index in [0.29, 0.717) is 19.6 Å². The zero-order valence-electron chi connectivity index (χ0n) is 13.0. The number of nitrogens with zero attached hydrogens (tertiary/aromatic N) is 4. The number of aryl methyl sites for hydroxylation is 1. The molecular formula is C15H20F3N5. The van der Waals surface area contributed by atoms with Crippen LogP contribution in [0.1, 0.15) is 12.0 Å². The molecule has 2 heterocycles. The van der Waals surface area contributed by atoms with Gasteiger partial charge in [0.2, 0.25) is 0 Å². The van der Waals surface area contributed by atoms with Crippen LogP contribution >= 0.6 is 0 Å². The van der Waals surface area contributed by atoms with E-state index in [-0.39, 0.29) is 5.92 Å². The molecule has 5 nitrogen and oxygen atoms in total. The van der Waals surface area contributed by atoms with Crippen LogP contribution in [0.3, 0.4) is 0 Å². The fourth-order valence-corrected chi connectivity index (χ4v) is 3.09. The van der Waals surface area contributed by atoms with Crippen molar-refractivity contribution in [2.75, 3.05) is 26.2 Å². The molecule has 1 aliphatic rings. The fourth-order valence-electron chi connectivity index (χ4n) is 3.09. The van der Waals surface area contributed by atoms with Crippen LogP contribution in [-0.4, -0.2) is 52.2 Å². The van der Waals surface area contributed by atoms with Gasteiger partial charge in [-0.15, -0.1) is 5.10 Å². The van der Waals surface area contributed by atoms with E-state index in [1.807, 2.05) is 25.2 Å². The summed E-state index contributed by atoms with van der Waals surface area (Å²) in [5.74, 6) is 0.276. The molecule has 126 valence electrons. The molecule has 1 fully saturated rings. The van der Waals surface area contributed by atoms with Crippen LogP contribution < -0.4 is 5.32 Å². The van der Waals surface area contributed by atoms with E-state index in [2.05, 4.69) is 15.6 Å². The predicted molar refractivity (Wildman–Crippen MR) is 80.8 cm³/mol. The molecule has 1 unspecified atom stereocenters. The maximum atomic E-state index is 12.4. The number of nitrogens with one attached hydrogen (secondary N) is 1. The maximum absolute atomic E-state index is 12.4. The Morgan fingerprint density at radius 3 is 2.96 bits per heavy atom. The molecule has 2 aromatic rings. The maximum Gasteiger partial charge on any atom is 0.401 e. The number of rotatable bonds is 5. The minimum atomic E-state index is -4.10. The summed E-state index contributed by atoms with van der Waals surface area (Å²) in [4.78, 5) is 1.48. The van der Waals surface area contributed by atoms with Gasteiger partial charge in [-0.2, -0.15) is 13.2 Å². The van der Waals surface area contributed by atoms with Gasteiger partial charge in [0.15, 0.2) is 0 Å². The minimum Gasteiger partial charge on any atom is -0.312 e. The number of benzene rings is 1. The molecule has 1 aromatic carbocycles. The Hall–Kier alpha value is -1.67. The topological polar surface area (TPSA) is 46.0 Å². The van der Waals surface area contributed by atoms with Crippen LogP contribution in [0, 0.1) is 5.92 Å². The molecule has 1 aromatic heterocycles. The second-order valence-electron chi connectivity index (χ2n) is 6.17. The quantitative estimate of drug-likeness (QED) is 0.912. The van der Waals surface area contributed by atoms with Crippen molar-refractivity contribution in [2.45, 2.75) is 19.1 Å². The van der Waals surface area contributed by atoms with Crippen LogP contribution in [0.4, 0.5) is 13.2 Å². The molecule has 0 saturated carbocycles. The molecule has 0 radical (unpaired) electrons. The lowest BCUT2D eigenvalue weighted by Gasteiger charge is -2.18. The molecule has 0 aliphatic carbocycles. The third-order valence-corrected chi connectivity index (χ3v) is 4.21. The number of hydrogen-bond acceptors (Lipinski definition) is 4. The molecule has 1 atom stereocenters. The van der Waals surface area contributed by atoms with Crippen LogP contribution in [-0.2, 0) is 13.6 Å². The first-order valence-corrected chi connectivity index (χ1v) is 7.69. The lowest BCUT2D eigenvalue weighted by Crippen LogP contribution is -2.33. The number of alkyl halides is 3. The monoisotopic (exact) mass is 327 g/mol. The van der Waals surface area contributed by atoms with Crippen LogP contribution in [0.15, 0.2) is 18.2 Å². The van der Waals surface area contributed by atoms with Crippen molar-refractivity contribution in [3.8, 4) is 0 Å². The van der Waals surface area contributed by atoms with Crippen molar-refractivity contribution in [3.05, 3.63) is 23.8 Å². The summed E-state index contributed by atoms with van der Waals surface area (Å²) in [5.41, 5.74) is 2.93. The van der Waals surface area contributed by atoms with Crippen molar-refractivity contribution in [1.29, 1.82) is 0 Å². The highest BCUT2D eigenvalue weighted by atomic mass is 19.4. The Kier molecular flexibility index (Phi) is 4.54. The summed E-state index contributed by atoms with van der Waals surface area (Å²) < 4.78 is 38.8. The van der Waals surface area contributed by atoms with Gasteiger partial charge in [-0.3, -0.25) is 4.90 Å². The Bertz CT molecular complexity index is 667. The number of aromatic nitrogens is 3. The SMILES string of the molecule is Cn1nnc2cc(CNCC3CCN(CC(F)(F)F)C3)ccc21. The van der Waals surface area contributed by atoms with Gasteiger partial charge >= 0.3 is 6.18 Å². The summed E-state index contributed by atoms with van der Waals surface area (Å²) >= 11 is 0. The molecule has 1 aliphatic heterocycles. The number of fused-ring (bicyclic) bond motifs is 1. The van der Waals surface area contributed by atoms with E-state index >= 15 is 0 Å². The number of likely N-dealkylation sites (tertiary alicyclic amines) is 1. The normalized spacial score (nSPS) is 19.7. The van der Waals surface area contributed by atoms with Crippen molar-refractivity contribution >= 4 is 11.0 Å². The third-order valence-electron chi connectivity index (χ3n) is 4.21. The molecule has 1 N–H and O–H groups in total. The van der Waals surface area contributed by atoms with Gasteiger partial charge in [0.05, 0.1) is 12.1 Å². The van der Waals surface area contributed by atoms with Crippen molar-refractivity contribution in [3.63, 3.8) is 0 Å². The largest absolute Gasteiger partial charge is 0.401 e. The molecule has 1 saturated heterocycles. The zero-order valence-corrected chi connectivity index (χ0v) is 13.0. The second-order valence-corrected chi connectivity index (χ2v) is 6.17. The Morgan fingerprint density at radius 1 is 1.35 bits per heavy atom. The first kappa shape index (κ1) is 16.2. The first-order chi connectivity index (χ1) is 10.9. The summed E-state index contributed by atoms with van der Waals surface area (Å²) in [6, 6.07) is 5.98. The lowest BCUT2D eigenvalue weighted by molar-refractivity contribution is -0.143. The summed E-state index contributed by atoms with van der Waals surface area (Å²) in [6.07, 6.45) is -3.29. The molecule has 3 rings (SSSR count). The van der Waals surface area contributed by atoms with Crippen molar-refractivity contribution < 1.29 is 13.2 Å². The highest BCUT2D eigenvalue weighted by molar-refractivity contribution is 5.74. The van der Waals surface area contributed by atoms with Gasteiger partial charge in [-0.05, 0) is 43.1 Å². The van der Waals surface area contributed by atoms with Gasteiger partial charge in [0.1, 0.15) is 5.52 Å². The van der Waals surface area contributed by atoms with Crippen molar-refractivity contribution in [2.24, 2.45) is 13.0 Å². The zero-order chi connectivity index (χ0) is 16.4. The average molecular weight is 327 g/mol. The average Bonchev–Trinajstić information content (AvgIpc) is 3.05. The molecular weight excluding hydrogens is 307 g/mol. The van der Waals surface area contributed by atoms with Crippen LogP contribution in [0.25, 0.3) is 11.0 Å². The smallest absolute Gasteiger partial charge is 0.312 e. The van der Waals surface area contributed by atoms with E-state index in [4.69, 9.17) is 0 Å². The highest BCUT2D eigenvalue weighted by Crippen LogP contribution is 2.22. The third kappa shape index (κ3) is 4.20.